The van der Waals surface area contributed by atoms with Crippen LogP contribution < -0.4 is 0 Å². The molecular formula is C34H26Cl4O2Zr. The number of hydrogen-bond acceptors (Lipinski definition) is 2. The second-order valence-corrected chi connectivity index (χ2v) is 9.96. The van der Waals surface area contributed by atoms with Crippen LogP contribution in [0.1, 0.15) is 0 Å². The molecule has 6 rings (SSSR count). The maximum atomic E-state index is 8.85. The van der Waals surface area contributed by atoms with Gasteiger partial charge in [0.25, 0.3) is 0 Å². The molecule has 0 aliphatic heterocycles. The van der Waals surface area contributed by atoms with Crippen molar-refractivity contribution in [3.05, 3.63) is 166 Å². The first-order valence-corrected chi connectivity index (χ1v) is 13.7. The van der Waals surface area contributed by atoms with Crippen LogP contribution in [0.4, 0.5) is 0 Å². The van der Waals surface area contributed by atoms with E-state index in [2.05, 4.69) is 97.1 Å². The molecule has 0 saturated carbocycles. The molecule has 6 aromatic carbocycles. The van der Waals surface area contributed by atoms with Gasteiger partial charge in [-0.1, -0.05) is 93.9 Å². The SMILES string of the molecule is Oc1ccc(Cl)cc1Cl.Oc1ccc(Cl)cc1Cl.[Zr+2].c1ccc(-[c-]2cccc2)cc1.c1ccc(-[c-]2cccc2)cc1. The van der Waals surface area contributed by atoms with Crippen LogP contribution in [0.5, 0.6) is 11.5 Å². The fraction of sp³-hybridized carbons (Fsp3) is 0. The van der Waals surface area contributed by atoms with E-state index in [-0.39, 0.29) is 47.7 Å². The molecule has 0 aliphatic rings. The van der Waals surface area contributed by atoms with Crippen molar-refractivity contribution >= 4 is 46.4 Å². The Morgan fingerprint density at radius 3 is 1.00 bits per heavy atom. The van der Waals surface area contributed by atoms with Crippen LogP contribution in [0.3, 0.4) is 0 Å². The van der Waals surface area contributed by atoms with E-state index >= 15 is 0 Å². The summed E-state index contributed by atoms with van der Waals surface area (Å²) in [4.78, 5) is 0. The van der Waals surface area contributed by atoms with Crippen LogP contribution in [0.2, 0.25) is 20.1 Å². The molecule has 0 saturated heterocycles. The van der Waals surface area contributed by atoms with Gasteiger partial charge in [-0.2, -0.15) is 24.3 Å². The fourth-order valence-corrected chi connectivity index (χ4v) is 4.17. The van der Waals surface area contributed by atoms with Gasteiger partial charge in [0.2, 0.25) is 0 Å². The molecule has 0 heterocycles. The van der Waals surface area contributed by atoms with Gasteiger partial charge in [0, 0.05) is 10.0 Å². The third-order valence-electron chi connectivity index (χ3n) is 5.36. The molecule has 0 aliphatic carbocycles. The number of phenolic OH excluding ortho intramolecular Hbond substituents is 2. The van der Waals surface area contributed by atoms with Crippen LogP contribution in [0.15, 0.2) is 146 Å². The van der Waals surface area contributed by atoms with E-state index < -0.39 is 0 Å². The third-order valence-corrected chi connectivity index (χ3v) is 6.43. The number of halogens is 4. The van der Waals surface area contributed by atoms with Crippen molar-refractivity contribution in [2.75, 3.05) is 0 Å². The van der Waals surface area contributed by atoms with E-state index in [4.69, 9.17) is 56.6 Å². The number of phenols is 2. The zero-order valence-corrected chi connectivity index (χ0v) is 27.2. The summed E-state index contributed by atoms with van der Waals surface area (Å²) in [5.74, 6) is 0.113. The fourth-order valence-electron chi connectivity index (χ4n) is 3.36. The van der Waals surface area contributed by atoms with E-state index in [1.54, 1.807) is 12.1 Å². The maximum Gasteiger partial charge on any atom is 2.00 e. The van der Waals surface area contributed by atoms with E-state index in [0.717, 1.165) is 0 Å². The summed E-state index contributed by atoms with van der Waals surface area (Å²) in [7, 11) is 0. The van der Waals surface area contributed by atoms with Gasteiger partial charge in [-0.3, -0.25) is 0 Å². The summed E-state index contributed by atoms with van der Waals surface area (Å²) in [6.07, 6.45) is 0. The summed E-state index contributed by atoms with van der Waals surface area (Å²) >= 11 is 22.0. The monoisotopic (exact) mass is 696 g/mol. The first-order valence-electron chi connectivity index (χ1n) is 12.2. The molecule has 0 atom stereocenters. The van der Waals surface area contributed by atoms with Crippen LogP contribution >= 0.6 is 46.4 Å². The molecule has 2 N–H and O–H groups in total. The molecule has 0 radical (unpaired) electrons. The van der Waals surface area contributed by atoms with Crippen molar-refractivity contribution in [1.82, 2.24) is 0 Å². The summed E-state index contributed by atoms with van der Waals surface area (Å²) in [6.45, 7) is 0. The number of rotatable bonds is 2. The first kappa shape index (κ1) is 34.4. The Bertz CT molecular complexity index is 1420. The molecule has 0 spiro atoms. The molecule has 206 valence electrons. The predicted molar refractivity (Wildman–Crippen MR) is 171 cm³/mol. The quantitative estimate of drug-likeness (QED) is 0.177. The van der Waals surface area contributed by atoms with Crippen molar-refractivity contribution in [1.29, 1.82) is 0 Å². The van der Waals surface area contributed by atoms with Gasteiger partial charge >= 0.3 is 26.2 Å². The van der Waals surface area contributed by atoms with Crippen molar-refractivity contribution < 1.29 is 36.4 Å². The zero-order valence-electron chi connectivity index (χ0n) is 21.8. The average molecular weight is 700 g/mol. The Balaban J connectivity index is 0.000000191. The molecule has 0 fully saturated rings. The molecule has 0 amide bonds. The van der Waals surface area contributed by atoms with E-state index in [1.807, 2.05) is 12.1 Å². The molecule has 41 heavy (non-hydrogen) atoms. The summed E-state index contributed by atoms with van der Waals surface area (Å²) in [6, 6.07) is 46.5. The number of benzene rings is 4. The molecule has 0 aromatic heterocycles. The van der Waals surface area contributed by atoms with Gasteiger partial charge in [0.05, 0.1) is 10.0 Å². The minimum absolute atomic E-state index is 0. The number of hydrogen-bond donors (Lipinski definition) is 2. The average Bonchev–Trinajstić information content (AvgIpc) is 3.71. The van der Waals surface area contributed by atoms with Crippen molar-refractivity contribution in [3.8, 4) is 33.8 Å². The van der Waals surface area contributed by atoms with Crippen molar-refractivity contribution in [2.24, 2.45) is 0 Å². The zero-order chi connectivity index (χ0) is 28.7. The molecule has 7 heteroatoms. The number of aromatic hydroxyl groups is 2. The second-order valence-electron chi connectivity index (χ2n) is 8.27. The topological polar surface area (TPSA) is 40.5 Å². The Labute approximate surface area is 280 Å². The normalized spacial score (nSPS) is 9.46. The van der Waals surface area contributed by atoms with Crippen molar-refractivity contribution in [2.45, 2.75) is 0 Å². The van der Waals surface area contributed by atoms with Gasteiger partial charge in [-0.25, -0.2) is 0 Å². The Morgan fingerprint density at radius 2 is 0.732 bits per heavy atom. The van der Waals surface area contributed by atoms with Gasteiger partial charge < -0.3 is 10.2 Å². The van der Waals surface area contributed by atoms with Gasteiger partial charge in [0.15, 0.2) is 0 Å². The van der Waals surface area contributed by atoms with Crippen LogP contribution in [0.25, 0.3) is 22.3 Å². The standard InChI is InChI=1S/2C11H9.2C6H4Cl2O.Zr/c2*1-2-6-10(7-3-1)11-8-4-5-9-11;2*7-4-1-2-6(9)5(8)3-4;/h2*1-9H;2*1-3,9H;/q2*-1;;;+2. The van der Waals surface area contributed by atoms with Crippen LogP contribution in [0, 0.1) is 0 Å². The van der Waals surface area contributed by atoms with Gasteiger partial charge in [-0.05, 0) is 36.4 Å². The molecule has 6 aromatic rings. The Morgan fingerprint density at radius 1 is 0.415 bits per heavy atom. The van der Waals surface area contributed by atoms with Gasteiger partial charge in [0.1, 0.15) is 11.5 Å². The minimum Gasteiger partial charge on any atom is -0.506 e. The minimum atomic E-state index is 0. The summed E-state index contributed by atoms with van der Waals surface area (Å²) in [5.41, 5.74) is 5.17. The predicted octanol–water partition coefficient (Wildman–Crippen LogP) is 11.5. The largest absolute Gasteiger partial charge is 2.00 e. The first-order chi connectivity index (χ1) is 19.3. The van der Waals surface area contributed by atoms with E-state index in [1.165, 1.54) is 46.5 Å². The molecule has 0 bridgehead atoms. The second kappa shape index (κ2) is 18.6. The molecular weight excluding hydrogens is 673 g/mol. The Kier molecular flexibility index (Phi) is 15.6. The Hall–Kier alpha value is -2.78. The van der Waals surface area contributed by atoms with E-state index in [9.17, 15) is 0 Å². The third kappa shape index (κ3) is 12.3. The van der Waals surface area contributed by atoms with Gasteiger partial charge in [-0.15, -0.1) is 59.7 Å². The maximum absolute atomic E-state index is 8.85. The summed E-state index contributed by atoms with van der Waals surface area (Å²) in [5, 5.41) is 19.3. The smallest absolute Gasteiger partial charge is 0.506 e. The summed E-state index contributed by atoms with van der Waals surface area (Å²) < 4.78 is 0. The van der Waals surface area contributed by atoms with E-state index in [0.29, 0.717) is 10.0 Å². The van der Waals surface area contributed by atoms with Crippen LogP contribution in [-0.4, -0.2) is 10.2 Å². The van der Waals surface area contributed by atoms with Crippen molar-refractivity contribution in [3.63, 3.8) is 0 Å². The molecule has 0 unspecified atom stereocenters. The molecule has 2 nitrogen and oxygen atoms in total. The van der Waals surface area contributed by atoms with Crippen LogP contribution in [-0.2, 0) is 26.2 Å².